The summed E-state index contributed by atoms with van der Waals surface area (Å²) < 4.78 is 14.7. The number of hydrogen-bond acceptors (Lipinski definition) is 4. The fourth-order valence-electron chi connectivity index (χ4n) is 4.13. The molecule has 7 heteroatoms. The molecule has 0 fully saturated rings. The van der Waals surface area contributed by atoms with Crippen molar-refractivity contribution in [3.8, 4) is 0 Å². The van der Waals surface area contributed by atoms with Crippen LogP contribution in [0, 0.1) is 0 Å². The van der Waals surface area contributed by atoms with Crippen molar-refractivity contribution in [1.82, 2.24) is 9.65 Å². The normalized spacial score (nSPS) is 13.3. The van der Waals surface area contributed by atoms with E-state index in [1.165, 1.54) is 4.67 Å². The summed E-state index contributed by atoms with van der Waals surface area (Å²) in [5.74, 6) is 0.357. The van der Waals surface area contributed by atoms with Crippen LogP contribution in [0.3, 0.4) is 0 Å². The predicted octanol–water partition coefficient (Wildman–Crippen LogP) is 3.38. The summed E-state index contributed by atoms with van der Waals surface area (Å²) in [4.78, 5) is 17.7. The Bertz CT molecular complexity index is 1430. The van der Waals surface area contributed by atoms with Crippen molar-refractivity contribution in [3.05, 3.63) is 102 Å². The maximum absolute atomic E-state index is 13.2. The molecule has 33 heavy (non-hydrogen) atoms. The first-order chi connectivity index (χ1) is 15.5. The third kappa shape index (κ3) is 5.06. The van der Waals surface area contributed by atoms with Crippen LogP contribution in [0.5, 0.6) is 0 Å². The minimum absolute atomic E-state index is 0. The van der Waals surface area contributed by atoms with E-state index >= 15 is 0 Å². The van der Waals surface area contributed by atoms with Gasteiger partial charge in [0.1, 0.15) is 6.72 Å². The Balaban J connectivity index is 0.00000259. The van der Waals surface area contributed by atoms with Crippen molar-refractivity contribution in [2.45, 2.75) is 12.3 Å². The van der Waals surface area contributed by atoms with E-state index in [-0.39, 0.29) is 29.6 Å². The van der Waals surface area contributed by atoms with Crippen molar-refractivity contribution < 1.29 is 39.0 Å². The smallest absolute Gasteiger partial charge is 0.780 e. The van der Waals surface area contributed by atoms with Gasteiger partial charge < -0.3 is 9.46 Å². The molecule has 0 saturated carbocycles. The van der Waals surface area contributed by atoms with Crippen LogP contribution in [0.15, 0.2) is 91.1 Å². The molecule has 1 atom stereocenters. The third-order valence-electron chi connectivity index (χ3n) is 5.79. The number of pyridine rings is 1. The standard InChI is InChI=1S/C26H23N2O2PS.Na/c1-28(31(29,30)32-18-22-11-6-10-19-12-7-15-27-26(19)22)17-25-23-13-4-2-8-20(23)16-21-9-3-5-14-24(21)25;/h2-16H,17-18H2,1H3,(H,29,30);/q;+1/p-1. The molecule has 1 heterocycles. The molecular weight excluding hydrogens is 458 g/mol. The number of para-hydroxylation sites is 1. The average molecular weight is 481 g/mol. The average Bonchev–Trinajstić information content (AvgIpc) is 2.82. The van der Waals surface area contributed by atoms with Crippen molar-refractivity contribution in [2.75, 3.05) is 7.05 Å². The molecule has 0 N–H and O–H groups in total. The Morgan fingerprint density at radius 3 is 2.18 bits per heavy atom. The second-order valence-corrected chi connectivity index (χ2v) is 12.2. The second kappa shape index (κ2) is 10.3. The molecule has 0 radical (unpaired) electrons. The van der Waals surface area contributed by atoms with E-state index in [0.717, 1.165) is 55.0 Å². The number of fused-ring (bicyclic) bond motifs is 3. The van der Waals surface area contributed by atoms with Crippen molar-refractivity contribution in [1.29, 1.82) is 0 Å². The van der Waals surface area contributed by atoms with Crippen LogP contribution in [0.1, 0.15) is 11.1 Å². The van der Waals surface area contributed by atoms with E-state index in [2.05, 4.69) is 35.3 Å². The molecule has 0 aliphatic heterocycles. The first-order valence-electron chi connectivity index (χ1n) is 10.4. The molecule has 5 aromatic rings. The number of hydrogen-bond donors (Lipinski definition) is 0. The van der Waals surface area contributed by atoms with Crippen molar-refractivity contribution >= 4 is 50.6 Å². The van der Waals surface area contributed by atoms with Gasteiger partial charge in [-0.05, 0) is 51.9 Å². The molecule has 0 saturated heterocycles. The number of benzene rings is 4. The van der Waals surface area contributed by atoms with Gasteiger partial charge in [0.05, 0.1) is 5.52 Å². The van der Waals surface area contributed by atoms with Gasteiger partial charge in [0, 0.05) is 23.9 Å². The second-order valence-electron chi connectivity index (χ2n) is 7.85. The number of rotatable bonds is 6. The van der Waals surface area contributed by atoms with Crippen LogP contribution in [-0.4, -0.2) is 16.7 Å². The summed E-state index contributed by atoms with van der Waals surface area (Å²) in [5.41, 5.74) is 2.81. The Labute approximate surface area is 219 Å². The number of aromatic nitrogens is 1. The Kier molecular flexibility index (Phi) is 7.62. The van der Waals surface area contributed by atoms with E-state index in [0.29, 0.717) is 12.3 Å². The summed E-state index contributed by atoms with van der Waals surface area (Å²) in [7, 11) is 1.67. The summed E-state index contributed by atoms with van der Waals surface area (Å²) in [6.07, 6.45) is 1.74. The van der Waals surface area contributed by atoms with Crippen LogP contribution in [0.25, 0.3) is 32.4 Å². The fourth-order valence-corrected chi connectivity index (χ4v) is 6.85. The summed E-state index contributed by atoms with van der Waals surface area (Å²) in [6.45, 7) is -3.55. The monoisotopic (exact) mass is 480 g/mol. The maximum Gasteiger partial charge on any atom is 1.00 e. The molecule has 0 bridgehead atoms. The quantitative estimate of drug-likeness (QED) is 0.212. The van der Waals surface area contributed by atoms with Gasteiger partial charge in [-0.3, -0.25) is 9.65 Å². The maximum atomic E-state index is 13.2. The first kappa shape index (κ1) is 24.4. The van der Waals surface area contributed by atoms with E-state index in [4.69, 9.17) is 0 Å². The van der Waals surface area contributed by atoms with E-state index < -0.39 is 6.72 Å². The summed E-state index contributed by atoms with van der Waals surface area (Å²) in [6, 6.07) is 28.2. The van der Waals surface area contributed by atoms with Crippen LogP contribution in [0.4, 0.5) is 0 Å². The molecule has 0 aliphatic carbocycles. The van der Waals surface area contributed by atoms with Crippen LogP contribution < -0.4 is 34.5 Å². The molecule has 4 nitrogen and oxygen atoms in total. The van der Waals surface area contributed by atoms with Crippen molar-refractivity contribution in [2.24, 2.45) is 0 Å². The molecule has 1 unspecified atom stereocenters. The molecular formula is C26H22N2NaO2PS. The summed E-state index contributed by atoms with van der Waals surface area (Å²) in [5, 5.41) is 5.42. The number of nitrogens with zero attached hydrogens (tertiary/aromatic N) is 2. The summed E-state index contributed by atoms with van der Waals surface area (Å²) >= 11 is 0.971. The Morgan fingerprint density at radius 2 is 1.48 bits per heavy atom. The fraction of sp³-hybridized carbons (Fsp3) is 0.115. The zero-order chi connectivity index (χ0) is 22.1. The molecule has 0 spiro atoms. The van der Waals surface area contributed by atoms with Gasteiger partial charge in [-0.15, -0.1) is 0 Å². The molecule has 0 aliphatic rings. The topological polar surface area (TPSA) is 56.3 Å². The van der Waals surface area contributed by atoms with Gasteiger partial charge in [-0.25, -0.2) is 0 Å². The van der Waals surface area contributed by atoms with Gasteiger partial charge >= 0.3 is 29.6 Å². The van der Waals surface area contributed by atoms with E-state index in [9.17, 15) is 9.46 Å². The molecule has 5 rings (SSSR count). The van der Waals surface area contributed by atoms with Gasteiger partial charge in [-0.2, -0.15) is 0 Å². The SMILES string of the molecule is CN(Cc1c2ccccc2cc2ccccc12)P(=O)([O-])SCc1cccc2cccnc12.[Na+]. The van der Waals surface area contributed by atoms with E-state index in [1.54, 1.807) is 13.2 Å². The molecule has 0 amide bonds. The van der Waals surface area contributed by atoms with Crippen LogP contribution in [-0.2, 0) is 16.9 Å². The Morgan fingerprint density at radius 1 is 0.879 bits per heavy atom. The predicted molar refractivity (Wildman–Crippen MR) is 134 cm³/mol. The zero-order valence-electron chi connectivity index (χ0n) is 18.6. The molecule has 1 aromatic heterocycles. The van der Waals surface area contributed by atoms with Gasteiger partial charge in [0.2, 0.25) is 0 Å². The molecule has 4 aromatic carbocycles. The molecule has 160 valence electrons. The van der Waals surface area contributed by atoms with Crippen molar-refractivity contribution in [3.63, 3.8) is 0 Å². The van der Waals surface area contributed by atoms with Crippen LogP contribution in [0.2, 0.25) is 0 Å². The minimum atomic E-state index is -3.88. The minimum Gasteiger partial charge on any atom is -0.780 e. The van der Waals surface area contributed by atoms with Gasteiger partial charge in [-0.1, -0.05) is 84.2 Å². The van der Waals surface area contributed by atoms with Gasteiger partial charge in [0.15, 0.2) is 0 Å². The van der Waals surface area contributed by atoms with Crippen LogP contribution >= 0.6 is 18.1 Å². The zero-order valence-corrected chi connectivity index (χ0v) is 22.4. The Hall–Kier alpha value is -1.69. The van der Waals surface area contributed by atoms with E-state index in [1.807, 2.05) is 54.6 Å². The largest absolute Gasteiger partial charge is 1.00 e. The first-order valence-corrected chi connectivity index (χ1v) is 13.6. The third-order valence-corrected chi connectivity index (χ3v) is 9.73. The van der Waals surface area contributed by atoms with Gasteiger partial charge in [0.25, 0.3) is 0 Å².